The lowest BCUT2D eigenvalue weighted by molar-refractivity contribution is 0.0903. The number of benzene rings is 2. The first-order chi connectivity index (χ1) is 13.7. The number of hydrogen-bond acceptors (Lipinski definition) is 2. The molecule has 3 heteroatoms. The first kappa shape index (κ1) is 19.2. The molecule has 4 rings (SSSR count). The van der Waals surface area contributed by atoms with E-state index in [-0.39, 0.29) is 12.1 Å². The van der Waals surface area contributed by atoms with E-state index in [2.05, 4.69) is 78.6 Å². The van der Waals surface area contributed by atoms with E-state index >= 15 is 0 Å². The molecule has 1 aliphatic carbocycles. The monoisotopic (exact) mass is 376 g/mol. The molecule has 1 aromatic heterocycles. The van der Waals surface area contributed by atoms with Gasteiger partial charge in [-0.2, -0.15) is 0 Å². The highest BCUT2D eigenvalue weighted by Crippen LogP contribution is 2.47. The summed E-state index contributed by atoms with van der Waals surface area (Å²) in [5, 5.41) is 10.7. The Labute approximate surface area is 168 Å². The number of aromatic amines is 1. The number of hydrogen-bond donors (Lipinski definition) is 2. The molecular formula is C25H32N2O. The molecule has 148 valence electrons. The van der Waals surface area contributed by atoms with Crippen molar-refractivity contribution in [3.8, 4) is 0 Å². The van der Waals surface area contributed by atoms with E-state index in [1.54, 1.807) is 0 Å². The summed E-state index contributed by atoms with van der Waals surface area (Å²) < 4.78 is 0. The van der Waals surface area contributed by atoms with E-state index in [0.29, 0.717) is 5.92 Å². The lowest BCUT2D eigenvalue weighted by atomic mass is 9.70. The van der Waals surface area contributed by atoms with Gasteiger partial charge in [-0.05, 0) is 75.7 Å². The Bertz CT molecular complexity index is 905. The Morgan fingerprint density at radius 3 is 2.36 bits per heavy atom. The highest BCUT2D eigenvalue weighted by molar-refractivity contribution is 5.84. The minimum absolute atomic E-state index is 0.134. The molecule has 0 atom stereocenters. The zero-order valence-electron chi connectivity index (χ0n) is 17.1. The summed E-state index contributed by atoms with van der Waals surface area (Å²) in [6.45, 7) is 0.251. The molecule has 0 spiro atoms. The van der Waals surface area contributed by atoms with Crippen LogP contribution in [-0.2, 0) is 12.0 Å². The van der Waals surface area contributed by atoms with Gasteiger partial charge in [0, 0.05) is 28.7 Å². The van der Waals surface area contributed by atoms with E-state index in [4.69, 9.17) is 0 Å². The van der Waals surface area contributed by atoms with Crippen molar-refractivity contribution in [1.29, 1.82) is 0 Å². The maximum atomic E-state index is 9.38. The number of para-hydroxylation sites is 1. The van der Waals surface area contributed by atoms with Crippen LogP contribution in [0, 0.1) is 0 Å². The first-order valence-corrected chi connectivity index (χ1v) is 10.6. The molecule has 0 radical (unpaired) electrons. The fraction of sp³-hybridized carbons (Fsp3) is 0.440. The van der Waals surface area contributed by atoms with Crippen LogP contribution >= 0.6 is 0 Å². The van der Waals surface area contributed by atoms with Crippen molar-refractivity contribution in [2.45, 2.75) is 50.0 Å². The number of aliphatic hydroxyl groups excluding tert-OH is 1. The van der Waals surface area contributed by atoms with Crippen LogP contribution in [0.15, 0.2) is 54.6 Å². The molecule has 0 aliphatic heterocycles. The van der Waals surface area contributed by atoms with Gasteiger partial charge in [0.1, 0.15) is 0 Å². The highest BCUT2D eigenvalue weighted by Gasteiger charge is 2.39. The van der Waals surface area contributed by atoms with Crippen LogP contribution in [-0.4, -0.2) is 35.7 Å². The maximum Gasteiger partial charge on any atom is 0.0459 e. The van der Waals surface area contributed by atoms with Crippen molar-refractivity contribution in [1.82, 2.24) is 9.88 Å². The molecule has 0 saturated heterocycles. The molecular weight excluding hydrogens is 344 g/mol. The van der Waals surface area contributed by atoms with Crippen LogP contribution in [0.25, 0.3) is 10.9 Å². The van der Waals surface area contributed by atoms with E-state index in [9.17, 15) is 5.11 Å². The van der Waals surface area contributed by atoms with Gasteiger partial charge in [0.05, 0.1) is 0 Å². The lowest BCUT2D eigenvalue weighted by Crippen LogP contribution is -2.44. The Kier molecular flexibility index (Phi) is 5.56. The molecule has 1 aliphatic rings. The number of H-pyrrole nitrogens is 1. The molecule has 1 heterocycles. The van der Waals surface area contributed by atoms with Crippen LogP contribution in [0.3, 0.4) is 0 Å². The molecule has 1 fully saturated rings. The van der Waals surface area contributed by atoms with Gasteiger partial charge in [-0.1, -0.05) is 48.5 Å². The summed E-state index contributed by atoms with van der Waals surface area (Å²) in [7, 11) is 4.45. The zero-order chi connectivity index (χ0) is 19.6. The summed E-state index contributed by atoms with van der Waals surface area (Å²) in [6.07, 6.45) is 6.49. The fourth-order valence-corrected chi connectivity index (χ4v) is 5.22. The number of aryl methyl sites for hydroxylation is 1. The second-order valence-electron chi connectivity index (χ2n) is 8.46. The first-order valence-electron chi connectivity index (χ1n) is 10.6. The summed E-state index contributed by atoms with van der Waals surface area (Å²) in [5.74, 6) is 0.567. The molecule has 0 bridgehead atoms. The summed E-state index contributed by atoms with van der Waals surface area (Å²) in [4.78, 5) is 6.17. The average Bonchev–Trinajstić information content (AvgIpc) is 3.11. The number of nitrogens with one attached hydrogen (secondary N) is 1. The quantitative estimate of drug-likeness (QED) is 0.620. The molecule has 1 saturated carbocycles. The Hall–Kier alpha value is -2.10. The van der Waals surface area contributed by atoms with Crippen LogP contribution in [0.1, 0.15) is 54.8 Å². The number of rotatable bonds is 6. The Morgan fingerprint density at radius 1 is 1.00 bits per heavy atom. The number of nitrogens with zero attached hydrogens (tertiary/aromatic N) is 1. The van der Waals surface area contributed by atoms with Gasteiger partial charge in [0.25, 0.3) is 0 Å². The largest absolute Gasteiger partial charge is 0.396 e. The van der Waals surface area contributed by atoms with Gasteiger partial charge in [-0.25, -0.2) is 0 Å². The van der Waals surface area contributed by atoms with Crippen molar-refractivity contribution in [3.63, 3.8) is 0 Å². The van der Waals surface area contributed by atoms with Crippen molar-refractivity contribution in [2.75, 3.05) is 20.7 Å². The maximum absolute atomic E-state index is 9.38. The Balaban J connectivity index is 1.63. The molecule has 0 amide bonds. The van der Waals surface area contributed by atoms with Crippen molar-refractivity contribution < 1.29 is 5.11 Å². The summed E-state index contributed by atoms with van der Waals surface area (Å²) >= 11 is 0. The van der Waals surface area contributed by atoms with E-state index in [0.717, 1.165) is 12.8 Å². The lowest BCUT2D eigenvalue weighted by Gasteiger charge is -2.45. The molecule has 3 aromatic rings. The van der Waals surface area contributed by atoms with Crippen molar-refractivity contribution in [2.24, 2.45) is 0 Å². The minimum Gasteiger partial charge on any atom is -0.396 e. The third kappa shape index (κ3) is 3.38. The molecule has 3 nitrogen and oxygen atoms in total. The molecule has 28 heavy (non-hydrogen) atoms. The van der Waals surface area contributed by atoms with Crippen LogP contribution in [0.4, 0.5) is 0 Å². The number of aromatic nitrogens is 1. The Morgan fingerprint density at radius 2 is 1.68 bits per heavy atom. The van der Waals surface area contributed by atoms with Gasteiger partial charge in [-0.15, -0.1) is 0 Å². The predicted octanol–water partition coefficient (Wildman–Crippen LogP) is 5.21. The predicted molar refractivity (Wildman–Crippen MR) is 117 cm³/mol. The number of fused-ring (bicyclic) bond motifs is 1. The summed E-state index contributed by atoms with van der Waals surface area (Å²) in [5.41, 5.74) is 5.64. The highest BCUT2D eigenvalue weighted by atomic mass is 16.2. The van der Waals surface area contributed by atoms with Crippen LogP contribution in [0.5, 0.6) is 0 Å². The van der Waals surface area contributed by atoms with Gasteiger partial charge in [0.15, 0.2) is 0 Å². The van der Waals surface area contributed by atoms with E-state index in [1.807, 2.05) is 0 Å². The van der Waals surface area contributed by atoms with Crippen molar-refractivity contribution in [3.05, 3.63) is 71.4 Å². The smallest absolute Gasteiger partial charge is 0.0459 e. The SMILES string of the molecule is CN(C)C1(c2ccccc2)CCC(c2[nH]c3ccccc3c2CCCO)CC1. The normalized spacial score (nSPS) is 22.8. The second-order valence-corrected chi connectivity index (χ2v) is 8.46. The molecule has 0 unspecified atom stereocenters. The molecule has 2 N–H and O–H groups in total. The van der Waals surface area contributed by atoms with E-state index < -0.39 is 0 Å². The fourth-order valence-electron chi connectivity index (χ4n) is 5.22. The minimum atomic E-state index is 0.134. The standard InChI is InChI=1S/C25H32N2O/c1-27(2)25(20-9-4-3-5-10-20)16-14-19(15-17-25)24-22(12-8-18-28)21-11-6-7-13-23(21)26-24/h3-7,9-11,13,19,26,28H,8,12,14-18H2,1-2H3. The van der Waals surface area contributed by atoms with E-state index in [1.165, 1.54) is 53.4 Å². The second kappa shape index (κ2) is 8.10. The zero-order valence-corrected chi connectivity index (χ0v) is 17.1. The van der Waals surface area contributed by atoms with Crippen molar-refractivity contribution >= 4 is 10.9 Å². The molecule has 2 aromatic carbocycles. The van der Waals surface area contributed by atoms with Gasteiger partial charge < -0.3 is 10.1 Å². The average molecular weight is 377 g/mol. The summed E-state index contributed by atoms with van der Waals surface area (Å²) in [6, 6.07) is 19.6. The van der Waals surface area contributed by atoms with Gasteiger partial charge in [-0.3, -0.25) is 4.90 Å². The van der Waals surface area contributed by atoms with Crippen LogP contribution in [0.2, 0.25) is 0 Å². The third-order valence-corrected chi connectivity index (χ3v) is 6.82. The number of aliphatic hydroxyl groups is 1. The topological polar surface area (TPSA) is 39.3 Å². The van der Waals surface area contributed by atoms with Gasteiger partial charge >= 0.3 is 0 Å². The van der Waals surface area contributed by atoms with Gasteiger partial charge in [0.2, 0.25) is 0 Å². The third-order valence-electron chi connectivity index (χ3n) is 6.82. The van der Waals surface area contributed by atoms with Crippen LogP contribution < -0.4 is 0 Å².